The Balaban J connectivity index is 1.57. The largest absolute Gasteiger partial charge is 0.352 e. The van der Waals surface area contributed by atoms with Gasteiger partial charge in [0.2, 0.25) is 5.91 Å². The Morgan fingerprint density at radius 1 is 1.09 bits per heavy atom. The summed E-state index contributed by atoms with van der Waals surface area (Å²) < 4.78 is 13.1. The van der Waals surface area contributed by atoms with Gasteiger partial charge in [0, 0.05) is 25.1 Å². The molecule has 2 amide bonds. The summed E-state index contributed by atoms with van der Waals surface area (Å²) in [7, 11) is 0. The molecule has 34 heavy (non-hydrogen) atoms. The zero-order valence-electron chi connectivity index (χ0n) is 20.0. The predicted octanol–water partition coefficient (Wildman–Crippen LogP) is 4.99. The first-order valence-corrected chi connectivity index (χ1v) is 11.7. The number of allylic oxidation sites excluding steroid dienone is 1. The second-order valence-electron chi connectivity index (χ2n) is 9.42. The van der Waals surface area contributed by atoms with Gasteiger partial charge in [-0.1, -0.05) is 37.6 Å². The van der Waals surface area contributed by atoms with Crippen molar-refractivity contribution in [1.29, 1.82) is 5.26 Å². The van der Waals surface area contributed by atoms with Gasteiger partial charge in [-0.05, 0) is 79.0 Å². The van der Waals surface area contributed by atoms with Crippen molar-refractivity contribution in [2.75, 3.05) is 6.54 Å². The number of halogens is 1. The molecule has 3 atom stereocenters. The van der Waals surface area contributed by atoms with Gasteiger partial charge < -0.3 is 10.6 Å². The lowest BCUT2D eigenvalue weighted by molar-refractivity contribution is -0.122. The minimum Gasteiger partial charge on any atom is -0.352 e. The van der Waals surface area contributed by atoms with Crippen LogP contribution in [0.25, 0.3) is 0 Å². The first kappa shape index (κ1) is 25.2. The summed E-state index contributed by atoms with van der Waals surface area (Å²) in [6.45, 7) is 7.36. The molecule has 178 valence electrons. The lowest BCUT2D eigenvalue weighted by atomic mass is 9.69. The van der Waals surface area contributed by atoms with E-state index in [9.17, 15) is 14.0 Å². The van der Waals surface area contributed by atoms with Crippen LogP contribution >= 0.6 is 0 Å². The predicted molar refractivity (Wildman–Crippen MR) is 130 cm³/mol. The van der Waals surface area contributed by atoms with E-state index in [2.05, 4.69) is 43.6 Å². The van der Waals surface area contributed by atoms with Crippen LogP contribution in [0.15, 0.2) is 60.2 Å². The van der Waals surface area contributed by atoms with Crippen molar-refractivity contribution in [3.63, 3.8) is 0 Å². The van der Waals surface area contributed by atoms with Crippen molar-refractivity contribution in [2.45, 2.75) is 40.2 Å². The highest BCUT2D eigenvalue weighted by Crippen LogP contribution is 2.38. The quantitative estimate of drug-likeness (QED) is 0.544. The van der Waals surface area contributed by atoms with Crippen LogP contribution in [0.2, 0.25) is 0 Å². The highest BCUT2D eigenvalue weighted by atomic mass is 19.1. The van der Waals surface area contributed by atoms with E-state index in [1.807, 2.05) is 12.1 Å². The van der Waals surface area contributed by atoms with Crippen molar-refractivity contribution in [3.8, 4) is 6.07 Å². The van der Waals surface area contributed by atoms with E-state index < -0.39 is 0 Å². The summed E-state index contributed by atoms with van der Waals surface area (Å²) in [5.41, 5.74) is 3.17. The molecule has 1 aliphatic carbocycles. The summed E-state index contributed by atoms with van der Waals surface area (Å²) in [5, 5.41) is 14.9. The Morgan fingerprint density at radius 2 is 1.76 bits per heavy atom. The highest BCUT2D eigenvalue weighted by Gasteiger charge is 2.32. The molecule has 5 nitrogen and oxygen atoms in total. The van der Waals surface area contributed by atoms with Gasteiger partial charge >= 0.3 is 0 Å². The van der Waals surface area contributed by atoms with Crippen LogP contribution in [0, 0.1) is 40.8 Å². The molecule has 0 aliphatic heterocycles. The number of nitrogens with one attached hydrogen (secondary N) is 2. The van der Waals surface area contributed by atoms with Crippen LogP contribution in [0.5, 0.6) is 0 Å². The molecule has 3 rings (SSSR count). The number of carbonyl (C=O) groups is 2. The summed E-state index contributed by atoms with van der Waals surface area (Å²) in [6, 6.07) is 14.8. The van der Waals surface area contributed by atoms with Gasteiger partial charge in [0.25, 0.3) is 5.91 Å². The van der Waals surface area contributed by atoms with Gasteiger partial charge in [0.1, 0.15) is 5.82 Å². The number of amides is 2. The normalized spacial score (nSPS) is 19.8. The molecule has 0 radical (unpaired) electrons. The van der Waals surface area contributed by atoms with Crippen LogP contribution in [-0.2, 0) is 11.3 Å². The van der Waals surface area contributed by atoms with E-state index in [1.54, 1.807) is 12.1 Å². The number of carbonyl (C=O) groups excluding carboxylic acids is 2. The molecular formula is C28H32FN3O2. The van der Waals surface area contributed by atoms with Crippen LogP contribution in [-0.4, -0.2) is 18.4 Å². The average Bonchev–Trinajstić information content (AvgIpc) is 2.83. The number of rotatable bonds is 8. The molecule has 0 saturated carbocycles. The first-order valence-electron chi connectivity index (χ1n) is 11.7. The van der Waals surface area contributed by atoms with E-state index >= 15 is 0 Å². The third-order valence-electron chi connectivity index (χ3n) is 6.69. The van der Waals surface area contributed by atoms with E-state index in [0.717, 1.165) is 12.0 Å². The minimum atomic E-state index is -0.366. The van der Waals surface area contributed by atoms with Crippen molar-refractivity contribution < 1.29 is 14.0 Å². The Hall–Kier alpha value is -3.46. The van der Waals surface area contributed by atoms with E-state index in [4.69, 9.17) is 5.26 Å². The van der Waals surface area contributed by atoms with Crippen LogP contribution in [0.1, 0.15) is 55.1 Å². The molecular weight excluding hydrogens is 429 g/mol. The second kappa shape index (κ2) is 11.6. The standard InChI is InChI=1S/C28H32FN3O2/c1-18(2)26-13-23(14-27(33)31-16-21-6-4-20(15-30)5-7-21)19(3)12-24(26)17-32-28(34)22-8-10-25(29)11-9-22/h4-12,18,23-24,26H,13-14,16-17H2,1-3H3,(H,31,33)(H,32,34)/t23-,24-,26-/m0/s1. The van der Waals surface area contributed by atoms with Crippen molar-refractivity contribution in [1.82, 2.24) is 10.6 Å². The Kier molecular flexibility index (Phi) is 8.59. The zero-order chi connectivity index (χ0) is 24.7. The number of nitrogens with zero attached hydrogens (tertiary/aromatic N) is 1. The van der Waals surface area contributed by atoms with Crippen LogP contribution in [0.3, 0.4) is 0 Å². The van der Waals surface area contributed by atoms with Gasteiger partial charge in [-0.3, -0.25) is 9.59 Å². The summed E-state index contributed by atoms with van der Waals surface area (Å²) in [5.74, 6) is 0.523. The molecule has 2 aromatic rings. The maximum absolute atomic E-state index is 13.1. The van der Waals surface area contributed by atoms with Gasteiger partial charge in [0.05, 0.1) is 11.6 Å². The fraction of sp³-hybridized carbons (Fsp3) is 0.393. The molecule has 0 unspecified atom stereocenters. The van der Waals surface area contributed by atoms with E-state index in [-0.39, 0.29) is 29.5 Å². The highest BCUT2D eigenvalue weighted by molar-refractivity contribution is 5.94. The zero-order valence-corrected chi connectivity index (χ0v) is 20.0. The molecule has 2 aromatic carbocycles. The van der Waals surface area contributed by atoms with Crippen molar-refractivity contribution in [3.05, 3.63) is 82.7 Å². The molecule has 2 N–H and O–H groups in total. The van der Waals surface area contributed by atoms with Crippen LogP contribution in [0.4, 0.5) is 4.39 Å². The van der Waals surface area contributed by atoms with Gasteiger partial charge in [0.15, 0.2) is 0 Å². The smallest absolute Gasteiger partial charge is 0.251 e. The Morgan fingerprint density at radius 3 is 2.38 bits per heavy atom. The summed E-state index contributed by atoms with van der Waals surface area (Å²) >= 11 is 0. The molecule has 6 heteroatoms. The van der Waals surface area contributed by atoms with Gasteiger partial charge in [-0.25, -0.2) is 4.39 Å². The maximum atomic E-state index is 13.1. The van der Waals surface area contributed by atoms with Crippen molar-refractivity contribution in [2.24, 2.45) is 23.7 Å². The van der Waals surface area contributed by atoms with Gasteiger partial charge in [-0.2, -0.15) is 5.26 Å². The number of hydrogen-bond acceptors (Lipinski definition) is 3. The monoisotopic (exact) mass is 461 g/mol. The van der Waals surface area contributed by atoms with E-state index in [0.29, 0.717) is 42.5 Å². The average molecular weight is 462 g/mol. The molecule has 0 heterocycles. The molecule has 0 aromatic heterocycles. The molecule has 0 saturated heterocycles. The number of nitriles is 1. The third kappa shape index (κ3) is 6.77. The lowest BCUT2D eigenvalue weighted by Gasteiger charge is -2.37. The molecule has 1 aliphatic rings. The van der Waals surface area contributed by atoms with Gasteiger partial charge in [-0.15, -0.1) is 0 Å². The first-order chi connectivity index (χ1) is 16.3. The fourth-order valence-corrected chi connectivity index (χ4v) is 4.62. The number of benzene rings is 2. The summed E-state index contributed by atoms with van der Waals surface area (Å²) in [4.78, 5) is 25.1. The Bertz CT molecular complexity index is 1070. The maximum Gasteiger partial charge on any atom is 0.251 e. The van der Waals surface area contributed by atoms with Crippen LogP contribution < -0.4 is 10.6 Å². The third-order valence-corrected chi connectivity index (χ3v) is 6.69. The SMILES string of the molecule is CC1=C[C@@H](CNC(=O)c2ccc(F)cc2)[C@H](C(C)C)C[C@H]1CC(=O)NCc1ccc(C#N)cc1. The molecule has 0 bridgehead atoms. The summed E-state index contributed by atoms with van der Waals surface area (Å²) in [6.07, 6.45) is 3.52. The fourth-order valence-electron chi connectivity index (χ4n) is 4.62. The molecule has 0 spiro atoms. The second-order valence-corrected chi connectivity index (χ2v) is 9.42. The van der Waals surface area contributed by atoms with Crippen molar-refractivity contribution >= 4 is 11.8 Å². The Labute approximate surface area is 201 Å². The minimum absolute atomic E-state index is 0.00711. The number of hydrogen-bond donors (Lipinski definition) is 2. The lowest BCUT2D eigenvalue weighted by Crippen LogP contribution is -2.37. The topological polar surface area (TPSA) is 82.0 Å². The molecule has 0 fully saturated rings. The van der Waals surface area contributed by atoms with E-state index in [1.165, 1.54) is 29.8 Å².